The maximum absolute atomic E-state index is 12.4. The number of benzene rings is 2. The van der Waals surface area contributed by atoms with Gasteiger partial charge in [0.2, 0.25) is 5.13 Å². The van der Waals surface area contributed by atoms with Crippen molar-refractivity contribution in [3.05, 3.63) is 59.2 Å². The number of carbonyl (C=O) groups excluding carboxylic acids is 1. The van der Waals surface area contributed by atoms with Crippen molar-refractivity contribution in [1.82, 2.24) is 14.8 Å². The van der Waals surface area contributed by atoms with Gasteiger partial charge in [0.25, 0.3) is 5.91 Å². The van der Waals surface area contributed by atoms with E-state index in [1.807, 2.05) is 19.1 Å². The molecule has 4 aromatic rings. The summed E-state index contributed by atoms with van der Waals surface area (Å²) in [6.45, 7) is 1.71. The first-order chi connectivity index (χ1) is 14.0. The molecule has 29 heavy (non-hydrogen) atoms. The highest BCUT2D eigenvalue weighted by Gasteiger charge is 2.16. The molecule has 0 radical (unpaired) electrons. The number of methoxy groups -OCH3 is 1. The Hall–Kier alpha value is -3.10. The summed E-state index contributed by atoms with van der Waals surface area (Å²) in [5.41, 5.74) is 1.46. The van der Waals surface area contributed by atoms with Gasteiger partial charge in [-0.1, -0.05) is 29.0 Å². The average molecular weight is 429 g/mol. The third-order valence-corrected chi connectivity index (χ3v) is 5.37. The summed E-state index contributed by atoms with van der Waals surface area (Å²) in [6.07, 6.45) is 0. The standard InChI is InChI=1S/C20H17ClN4O3S/c1-12-10-17(22-18(26)11-28-14-8-6-13(27-2)7-9-14)25(24-12)20-23-19-15(21)4-3-5-16(19)29-20/h3-10H,11H2,1-2H3,(H,22,26). The predicted octanol–water partition coefficient (Wildman–Crippen LogP) is 4.47. The molecule has 7 nitrogen and oxygen atoms in total. The zero-order chi connectivity index (χ0) is 20.4. The second-order valence-electron chi connectivity index (χ2n) is 6.18. The van der Waals surface area contributed by atoms with Gasteiger partial charge in [0.1, 0.15) is 22.8 Å². The van der Waals surface area contributed by atoms with Crippen LogP contribution in [0, 0.1) is 6.92 Å². The average Bonchev–Trinajstić information content (AvgIpc) is 3.31. The normalized spacial score (nSPS) is 10.9. The van der Waals surface area contributed by atoms with E-state index in [9.17, 15) is 4.79 Å². The number of fused-ring (bicyclic) bond motifs is 1. The number of hydrogen-bond acceptors (Lipinski definition) is 6. The zero-order valence-electron chi connectivity index (χ0n) is 15.7. The van der Waals surface area contributed by atoms with E-state index >= 15 is 0 Å². The van der Waals surface area contributed by atoms with Gasteiger partial charge in [-0.3, -0.25) is 4.79 Å². The first-order valence-corrected chi connectivity index (χ1v) is 9.92. The van der Waals surface area contributed by atoms with Crippen LogP contribution in [-0.2, 0) is 4.79 Å². The number of halogens is 1. The summed E-state index contributed by atoms with van der Waals surface area (Å²) in [7, 11) is 1.59. The van der Waals surface area contributed by atoms with E-state index in [1.54, 1.807) is 48.2 Å². The molecule has 148 valence electrons. The van der Waals surface area contributed by atoms with Crippen LogP contribution in [-0.4, -0.2) is 34.4 Å². The lowest BCUT2D eigenvalue weighted by Crippen LogP contribution is -2.21. The van der Waals surface area contributed by atoms with Crippen LogP contribution in [0.4, 0.5) is 5.82 Å². The number of thiazole rings is 1. The van der Waals surface area contributed by atoms with Crippen molar-refractivity contribution in [2.45, 2.75) is 6.92 Å². The Morgan fingerprint density at radius 1 is 1.21 bits per heavy atom. The largest absolute Gasteiger partial charge is 0.497 e. The summed E-state index contributed by atoms with van der Waals surface area (Å²) >= 11 is 7.67. The van der Waals surface area contributed by atoms with Gasteiger partial charge < -0.3 is 14.8 Å². The molecule has 0 atom stereocenters. The molecule has 0 bridgehead atoms. The predicted molar refractivity (Wildman–Crippen MR) is 114 cm³/mol. The quantitative estimate of drug-likeness (QED) is 0.490. The molecule has 0 saturated carbocycles. The Kier molecular flexibility index (Phi) is 5.37. The first kappa shape index (κ1) is 19.2. The minimum Gasteiger partial charge on any atom is -0.497 e. The molecular formula is C20H17ClN4O3S. The van der Waals surface area contributed by atoms with Crippen LogP contribution in [0.25, 0.3) is 15.3 Å². The number of amides is 1. The van der Waals surface area contributed by atoms with E-state index in [0.717, 1.165) is 16.1 Å². The third-order valence-electron chi connectivity index (χ3n) is 4.07. The van der Waals surface area contributed by atoms with E-state index in [4.69, 9.17) is 21.1 Å². The number of anilines is 1. The number of rotatable bonds is 6. The lowest BCUT2D eigenvalue weighted by molar-refractivity contribution is -0.118. The zero-order valence-corrected chi connectivity index (χ0v) is 17.3. The van der Waals surface area contributed by atoms with Gasteiger partial charge in [0.05, 0.1) is 22.5 Å². The lowest BCUT2D eigenvalue weighted by Gasteiger charge is -2.08. The number of aryl methyl sites for hydroxylation is 1. The Bertz CT molecular complexity index is 1170. The van der Waals surface area contributed by atoms with E-state index in [2.05, 4.69) is 15.4 Å². The van der Waals surface area contributed by atoms with Gasteiger partial charge in [-0.15, -0.1) is 0 Å². The van der Waals surface area contributed by atoms with Crippen LogP contribution in [0.15, 0.2) is 48.5 Å². The van der Waals surface area contributed by atoms with Crippen LogP contribution in [0.5, 0.6) is 11.5 Å². The minimum absolute atomic E-state index is 0.137. The second kappa shape index (κ2) is 8.10. The maximum atomic E-state index is 12.4. The van der Waals surface area contributed by atoms with Crippen LogP contribution in [0.1, 0.15) is 5.69 Å². The lowest BCUT2D eigenvalue weighted by atomic mass is 10.3. The fourth-order valence-corrected chi connectivity index (χ4v) is 3.96. The first-order valence-electron chi connectivity index (χ1n) is 8.72. The Labute approximate surface area is 175 Å². The molecule has 1 N–H and O–H groups in total. The Balaban J connectivity index is 1.50. The van der Waals surface area contributed by atoms with Crippen molar-refractivity contribution in [1.29, 1.82) is 0 Å². The molecule has 9 heteroatoms. The molecule has 2 heterocycles. The van der Waals surface area contributed by atoms with Crippen molar-refractivity contribution in [3.8, 4) is 16.6 Å². The topological polar surface area (TPSA) is 78.3 Å². The number of nitrogens with one attached hydrogen (secondary N) is 1. The monoisotopic (exact) mass is 428 g/mol. The van der Waals surface area contributed by atoms with Gasteiger partial charge in [-0.25, -0.2) is 4.98 Å². The van der Waals surface area contributed by atoms with E-state index < -0.39 is 0 Å². The van der Waals surface area contributed by atoms with Crippen molar-refractivity contribution in [3.63, 3.8) is 0 Å². The number of carbonyl (C=O) groups is 1. The molecule has 1 amide bonds. The van der Waals surface area contributed by atoms with Crippen molar-refractivity contribution in [2.75, 3.05) is 19.0 Å². The van der Waals surface area contributed by atoms with Crippen LogP contribution >= 0.6 is 22.9 Å². The highest BCUT2D eigenvalue weighted by atomic mass is 35.5. The molecule has 2 aromatic carbocycles. The molecule has 0 unspecified atom stereocenters. The van der Waals surface area contributed by atoms with Gasteiger partial charge in [0.15, 0.2) is 6.61 Å². The Morgan fingerprint density at radius 2 is 1.97 bits per heavy atom. The summed E-state index contributed by atoms with van der Waals surface area (Å²) in [6, 6.07) is 14.4. The highest BCUT2D eigenvalue weighted by Crippen LogP contribution is 2.31. The smallest absolute Gasteiger partial charge is 0.263 e. The second-order valence-corrected chi connectivity index (χ2v) is 7.59. The molecule has 0 aliphatic carbocycles. The van der Waals surface area contributed by atoms with Gasteiger partial charge in [0, 0.05) is 6.07 Å². The van der Waals surface area contributed by atoms with Crippen molar-refractivity contribution in [2.24, 2.45) is 0 Å². The summed E-state index contributed by atoms with van der Waals surface area (Å²) < 4.78 is 13.2. The maximum Gasteiger partial charge on any atom is 0.263 e. The van der Waals surface area contributed by atoms with Crippen molar-refractivity contribution < 1.29 is 14.3 Å². The van der Waals surface area contributed by atoms with E-state index in [-0.39, 0.29) is 12.5 Å². The molecule has 0 spiro atoms. The molecular weight excluding hydrogens is 412 g/mol. The fourth-order valence-electron chi connectivity index (χ4n) is 2.73. The SMILES string of the molecule is COc1ccc(OCC(=O)Nc2cc(C)nn2-c2nc3c(Cl)cccc3s2)cc1. The summed E-state index contributed by atoms with van der Waals surface area (Å²) in [5, 5.41) is 8.47. The van der Waals surface area contributed by atoms with Crippen LogP contribution in [0.2, 0.25) is 5.02 Å². The number of para-hydroxylation sites is 1. The molecule has 0 fully saturated rings. The van der Waals surface area contributed by atoms with Gasteiger partial charge in [-0.2, -0.15) is 9.78 Å². The number of ether oxygens (including phenoxy) is 2. The molecule has 0 aliphatic rings. The number of nitrogens with zero attached hydrogens (tertiary/aromatic N) is 3. The molecule has 0 aliphatic heterocycles. The Morgan fingerprint density at radius 3 is 2.69 bits per heavy atom. The number of aromatic nitrogens is 3. The van der Waals surface area contributed by atoms with Crippen molar-refractivity contribution >= 4 is 44.9 Å². The summed E-state index contributed by atoms with van der Waals surface area (Å²) in [4.78, 5) is 17.0. The molecule has 4 rings (SSSR count). The minimum atomic E-state index is -0.305. The molecule has 2 aromatic heterocycles. The molecule has 0 saturated heterocycles. The summed E-state index contributed by atoms with van der Waals surface area (Å²) in [5.74, 6) is 1.51. The fraction of sp³-hybridized carbons (Fsp3) is 0.150. The van der Waals surface area contributed by atoms with Crippen LogP contribution < -0.4 is 14.8 Å². The van der Waals surface area contributed by atoms with E-state index in [0.29, 0.717) is 27.2 Å². The van der Waals surface area contributed by atoms with E-state index in [1.165, 1.54) is 11.3 Å². The van der Waals surface area contributed by atoms with Crippen LogP contribution in [0.3, 0.4) is 0 Å². The third kappa shape index (κ3) is 4.18. The van der Waals surface area contributed by atoms with Gasteiger partial charge in [-0.05, 0) is 43.3 Å². The number of hydrogen-bond donors (Lipinski definition) is 1. The van der Waals surface area contributed by atoms with Gasteiger partial charge >= 0.3 is 0 Å². The highest BCUT2D eigenvalue weighted by molar-refractivity contribution is 7.20.